The third-order valence-electron chi connectivity index (χ3n) is 3.99. The maximum Gasteiger partial charge on any atom is 0.338 e. The normalized spacial score (nSPS) is 16.6. The van der Waals surface area contributed by atoms with Crippen LogP contribution >= 0.6 is 35.0 Å². The molecule has 0 saturated carbocycles. The van der Waals surface area contributed by atoms with Gasteiger partial charge in [-0.15, -0.1) is 11.8 Å². The van der Waals surface area contributed by atoms with Crippen molar-refractivity contribution in [2.75, 3.05) is 10.6 Å². The van der Waals surface area contributed by atoms with E-state index in [0.717, 1.165) is 4.90 Å². The third kappa shape index (κ3) is 4.60. The molecule has 3 rings (SSSR count). The van der Waals surface area contributed by atoms with Crippen molar-refractivity contribution in [3.63, 3.8) is 0 Å². The molecular weight excluding hydrogens is 423 g/mol. The molecule has 9 heteroatoms. The van der Waals surface area contributed by atoms with Crippen molar-refractivity contribution in [3.8, 4) is 0 Å². The average molecular weight is 439 g/mol. The molecule has 0 bridgehead atoms. The molecule has 0 saturated heterocycles. The molecule has 1 aliphatic rings. The van der Waals surface area contributed by atoms with Gasteiger partial charge in [0.15, 0.2) is 6.10 Å². The van der Waals surface area contributed by atoms with E-state index in [1.165, 1.54) is 30.8 Å². The summed E-state index contributed by atoms with van der Waals surface area (Å²) in [5.74, 6) is -1.34. The number of anilines is 2. The molecule has 28 heavy (non-hydrogen) atoms. The van der Waals surface area contributed by atoms with Crippen LogP contribution in [0.4, 0.5) is 11.4 Å². The van der Waals surface area contributed by atoms with Gasteiger partial charge in [-0.2, -0.15) is 0 Å². The fourth-order valence-corrected chi connectivity index (χ4v) is 3.83. The van der Waals surface area contributed by atoms with Crippen molar-refractivity contribution in [1.29, 1.82) is 0 Å². The van der Waals surface area contributed by atoms with Gasteiger partial charge in [0.05, 0.1) is 27.2 Å². The van der Waals surface area contributed by atoms with Crippen molar-refractivity contribution in [3.05, 3.63) is 52.0 Å². The summed E-state index contributed by atoms with van der Waals surface area (Å²) in [5, 5.41) is 5.85. The molecule has 2 unspecified atom stereocenters. The molecule has 2 N–H and O–H groups in total. The van der Waals surface area contributed by atoms with Crippen molar-refractivity contribution in [2.45, 2.75) is 30.1 Å². The van der Waals surface area contributed by atoms with E-state index < -0.39 is 18.0 Å². The van der Waals surface area contributed by atoms with E-state index in [4.69, 9.17) is 27.9 Å². The second kappa shape index (κ2) is 8.43. The number of fused-ring (bicyclic) bond motifs is 1. The summed E-state index contributed by atoms with van der Waals surface area (Å²) >= 11 is 13.3. The van der Waals surface area contributed by atoms with Crippen LogP contribution in [0.1, 0.15) is 24.2 Å². The standard InChI is InChI=1S/C19H16Cl2N2O4S/c1-9(17(24)22-14-5-4-12(20)8-13(14)21)27-19(26)11-3-6-16-15(7-11)23-18(25)10(2)28-16/h3-10H,1-2H3,(H,22,24)(H,23,25). The molecule has 1 aliphatic heterocycles. The highest BCUT2D eigenvalue weighted by Crippen LogP contribution is 2.36. The predicted molar refractivity (Wildman–Crippen MR) is 110 cm³/mol. The van der Waals surface area contributed by atoms with Gasteiger partial charge in [0, 0.05) is 9.92 Å². The van der Waals surface area contributed by atoms with Crippen LogP contribution < -0.4 is 10.6 Å². The SMILES string of the molecule is CC(OC(=O)c1ccc2c(c1)NC(=O)C(C)S2)C(=O)Nc1ccc(Cl)cc1Cl. The Labute approximate surface area is 175 Å². The number of hydrogen-bond donors (Lipinski definition) is 2. The molecule has 0 aliphatic carbocycles. The lowest BCUT2D eigenvalue weighted by Gasteiger charge is -2.22. The van der Waals surface area contributed by atoms with Crippen LogP contribution in [-0.4, -0.2) is 29.1 Å². The lowest BCUT2D eigenvalue weighted by molar-refractivity contribution is -0.123. The minimum Gasteiger partial charge on any atom is -0.449 e. The molecule has 1 heterocycles. The maximum absolute atomic E-state index is 12.4. The maximum atomic E-state index is 12.4. The topological polar surface area (TPSA) is 84.5 Å². The second-order valence-corrected chi connectivity index (χ2v) is 8.35. The fourth-order valence-electron chi connectivity index (χ4n) is 2.44. The van der Waals surface area contributed by atoms with E-state index in [2.05, 4.69) is 10.6 Å². The smallest absolute Gasteiger partial charge is 0.338 e. The zero-order valence-electron chi connectivity index (χ0n) is 14.9. The van der Waals surface area contributed by atoms with Crippen LogP contribution in [0.15, 0.2) is 41.3 Å². The summed E-state index contributed by atoms with van der Waals surface area (Å²) in [7, 11) is 0. The summed E-state index contributed by atoms with van der Waals surface area (Å²) in [6.45, 7) is 3.26. The molecule has 2 aromatic carbocycles. The second-order valence-electron chi connectivity index (χ2n) is 6.12. The van der Waals surface area contributed by atoms with E-state index in [1.54, 1.807) is 31.2 Å². The summed E-state index contributed by atoms with van der Waals surface area (Å²) in [5.41, 5.74) is 1.15. The average Bonchev–Trinajstić information content (AvgIpc) is 2.64. The number of carbonyl (C=O) groups excluding carboxylic acids is 3. The quantitative estimate of drug-likeness (QED) is 0.680. The highest BCUT2D eigenvalue weighted by molar-refractivity contribution is 8.00. The Balaban J connectivity index is 1.66. The van der Waals surface area contributed by atoms with Gasteiger partial charge in [-0.3, -0.25) is 9.59 Å². The van der Waals surface area contributed by atoms with Crippen molar-refractivity contribution >= 4 is 64.1 Å². The van der Waals surface area contributed by atoms with Gasteiger partial charge in [-0.25, -0.2) is 4.79 Å². The van der Waals surface area contributed by atoms with E-state index in [0.29, 0.717) is 16.4 Å². The first kappa shape index (κ1) is 20.5. The summed E-state index contributed by atoms with van der Waals surface area (Å²) in [4.78, 5) is 37.4. The Hall–Kier alpha value is -2.22. The number of ether oxygens (including phenoxy) is 1. The van der Waals surface area contributed by atoms with Crippen LogP contribution in [-0.2, 0) is 14.3 Å². The van der Waals surface area contributed by atoms with E-state index >= 15 is 0 Å². The number of hydrogen-bond acceptors (Lipinski definition) is 5. The Bertz CT molecular complexity index is 967. The molecule has 0 spiro atoms. The number of thioether (sulfide) groups is 1. The van der Waals surface area contributed by atoms with Crippen LogP contribution in [0.5, 0.6) is 0 Å². The summed E-state index contributed by atoms with van der Waals surface area (Å²) in [6, 6.07) is 9.51. The number of esters is 1. The summed E-state index contributed by atoms with van der Waals surface area (Å²) in [6.07, 6.45) is -1.06. The Morgan fingerprint density at radius 2 is 1.96 bits per heavy atom. The molecule has 6 nitrogen and oxygen atoms in total. The molecule has 0 aromatic heterocycles. The van der Waals surface area contributed by atoms with E-state index in [1.807, 2.05) is 0 Å². The summed E-state index contributed by atoms with van der Waals surface area (Å²) < 4.78 is 5.23. The van der Waals surface area contributed by atoms with Crippen LogP contribution in [0, 0.1) is 0 Å². The molecule has 0 radical (unpaired) electrons. The molecular formula is C19H16Cl2N2O4S. The first-order chi connectivity index (χ1) is 13.2. The van der Waals surface area contributed by atoms with Gasteiger partial charge < -0.3 is 15.4 Å². The highest BCUT2D eigenvalue weighted by atomic mass is 35.5. The minimum atomic E-state index is -1.06. The van der Waals surface area contributed by atoms with Gasteiger partial charge in [0.2, 0.25) is 5.91 Å². The van der Waals surface area contributed by atoms with Crippen LogP contribution in [0.3, 0.4) is 0 Å². The van der Waals surface area contributed by atoms with Gasteiger partial charge in [-0.05, 0) is 50.2 Å². The Morgan fingerprint density at radius 1 is 1.21 bits per heavy atom. The number of benzene rings is 2. The van der Waals surface area contributed by atoms with Gasteiger partial charge >= 0.3 is 5.97 Å². The van der Waals surface area contributed by atoms with Crippen molar-refractivity contribution in [1.82, 2.24) is 0 Å². The fraction of sp³-hybridized carbons (Fsp3) is 0.211. The number of halogens is 2. The first-order valence-corrected chi connectivity index (χ1v) is 9.96. The monoisotopic (exact) mass is 438 g/mol. The molecule has 0 fully saturated rings. The third-order valence-corrected chi connectivity index (χ3v) is 5.71. The largest absolute Gasteiger partial charge is 0.449 e. The number of amides is 2. The lowest BCUT2D eigenvalue weighted by Crippen LogP contribution is -2.30. The molecule has 146 valence electrons. The van der Waals surface area contributed by atoms with Crippen LogP contribution in [0.25, 0.3) is 0 Å². The predicted octanol–water partition coefficient (Wildman–Crippen LogP) is 4.61. The molecule has 2 aromatic rings. The number of carbonyl (C=O) groups is 3. The zero-order chi connectivity index (χ0) is 20.4. The van der Waals surface area contributed by atoms with E-state index in [-0.39, 0.29) is 21.7 Å². The highest BCUT2D eigenvalue weighted by Gasteiger charge is 2.25. The number of nitrogens with one attached hydrogen (secondary N) is 2. The van der Waals surface area contributed by atoms with Crippen LogP contribution in [0.2, 0.25) is 10.0 Å². The van der Waals surface area contributed by atoms with Crippen molar-refractivity contribution in [2.24, 2.45) is 0 Å². The number of rotatable bonds is 4. The minimum absolute atomic E-state index is 0.129. The zero-order valence-corrected chi connectivity index (χ0v) is 17.2. The molecule has 2 amide bonds. The van der Waals surface area contributed by atoms with Crippen molar-refractivity contribution < 1.29 is 19.1 Å². The van der Waals surface area contributed by atoms with Gasteiger partial charge in [0.1, 0.15) is 0 Å². The molecule has 2 atom stereocenters. The lowest BCUT2D eigenvalue weighted by atomic mass is 10.2. The van der Waals surface area contributed by atoms with Gasteiger partial charge in [0.25, 0.3) is 5.91 Å². The Kier molecular flexibility index (Phi) is 6.17. The Morgan fingerprint density at radius 3 is 2.68 bits per heavy atom. The first-order valence-electron chi connectivity index (χ1n) is 8.33. The van der Waals surface area contributed by atoms with Gasteiger partial charge in [-0.1, -0.05) is 23.2 Å². The van der Waals surface area contributed by atoms with E-state index in [9.17, 15) is 14.4 Å².